The fourth-order valence-electron chi connectivity index (χ4n) is 1.97. The Morgan fingerprint density at radius 1 is 0.900 bits per heavy atom. The van der Waals surface area contributed by atoms with Crippen molar-refractivity contribution in [2.45, 2.75) is 6.04 Å². The predicted molar refractivity (Wildman–Crippen MR) is 79.1 cm³/mol. The summed E-state index contributed by atoms with van der Waals surface area (Å²) in [5, 5.41) is 2.87. The van der Waals surface area contributed by atoms with Gasteiger partial charge in [-0.2, -0.15) is 0 Å². The normalized spacial score (nSPS) is 12.5. The first kappa shape index (κ1) is 15.5. The minimum Gasteiger partial charge on any atom is -0.309 e. The van der Waals surface area contributed by atoms with Crippen LogP contribution in [0.3, 0.4) is 0 Å². The molecule has 2 aromatic carbocycles. The molecule has 0 spiro atoms. The van der Waals surface area contributed by atoms with Crippen molar-refractivity contribution in [1.82, 2.24) is 5.32 Å². The number of nitrogens with one attached hydrogen (secondary N) is 1. The highest BCUT2D eigenvalue weighted by Crippen LogP contribution is 2.32. The minimum absolute atomic E-state index is 0.0481. The lowest BCUT2D eigenvalue weighted by Gasteiger charge is -2.20. The molecule has 20 heavy (non-hydrogen) atoms. The van der Waals surface area contributed by atoms with Crippen molar-refractivity contribution >= 4 is 31.9 Å². The Morgan fingerprint density at radius 2 is 1.60 bits per heavy atom. The average molecular weight is 409 g/mol. The molecule has 6 heteroatoms. The largest absolute Gasteiger partial charge is 0.309 e. The lowest BCUT2D eigenvalue weighted by atomic mass is 9.98. The molecule has 1 atom stereocenters. The zero-order valence-corrected chi connectivity index (χ0v) is 13.5. The first-order valence-corrected chi connectivity index (χ1v) is 7.29. The van der Waals surface area contributed by atoms with E-state index in [-0.39, 0.29) is 10.0 Å². The zero-order valence-electron chi connectivity index (χ0n) is 10.4. The van der Waals surface area contributed by atoms with Gasteiger partial charge in [0.25, 0.3) is 0 Å². The van der Waals surface area contributed by atoms with Crippen LogP contribution in [0.25, 0.3) is 0 Å². The number of rotatable bonds is 3. The SMILES string of the molecule is CNC(c1cc(F)c(Br)cc1F)c1cc(F)ccc1Br. The van der Waals surface area contributed by atoms with Crippen molar-refractivity contribution < 1.29 is 13.2 Å². The van der Waals surface area contributed by atoms with E-state index in [1.807, 2.05) is 0 Å². The van der Waals surface area contributed by atoms with Crippen LogP contribution in [-0.2, 0) is 0 Å². The van der Waals surface area contributed by atoms with Crippen molar-refractivity contribution in [2.75, 3.05) is 7.05 Å². The zero-order chi connectivity index (χ0) is 14.9. The van der Waals surface area contributed by atoms with E-state index in [1.54, 1.807) is 7.05 Å². The van der Waals surface area contributed by atoms with Crippen LogP contribution in [0.4, 0.5) is 13.2 Å². The molecule has 0 aliphatic rings. The van der Waals surface area contributed by atoms with Gasteiger partial charge in [0.1, 0.15) is 17.5 Å². The highest BCUT2D eigenvalue weighted by Gasteiger charge is 2.21. The van der Waals surface area contributed by atoms with Crippen LogP contribution in [0.15, 0.2) is 39.3 Å². The molecule has 0 radical (unpaired) electrons. The van der Waals surface area contributed by atoms with Gasteiger partial charge in [-0.25, -0.2) is 13.2 Å². The van der Waals surface area contributed by atoms with E-state index >= 15 is 0 Å². The summed E-state index contributed by atoms with van der Waals surface area (Å²) in [7, 11) is 1.60. The maximum Gasteiger partial charge on any atom is 0.137 e. The molecule has 0 amide bonds. The van der Waals surface area contributed by atoms with Gasteiger partial charge in [-0.15, -0.1) is 0 Å². The molecule has 2 aromatic rings. The Bertz CT molecular complexity index is 647. The van der Waals surface area contributed by atoms with Gasteiger partial charge in [0.2, 0.25) is 0 Å². The number of hydrogen-bond donors (Lipinski definition) is 1. The number of hydrogen-bond acceptors (Lipinski definition) is 1. The Morgan fingerprint density at radius 3 is 2.25 bits per heavy atom. The molecule has 1 unspecified atom stereocenters. The highest BCUT2D eigenvalue weighted by molar-refractivity contribution is 9.10. The minimum atomic E-state index is -0.664. The summed E-state index contributed by atoms with van der Waals surface area (Å²) in [5.74, 6) is -1.59. The lowest BCUT2D eigenvalue weighted by molar-refractivity contribution is 0.551. The highest BCUT2D eigenvalue weighted by atomic mass is 79.9. The third kappa shape index (κ3) is 3.07. The molecule has 1 nitrogen and oxygen atoms in total. The molecule has 0 bridgehead atoms. The third-order valence-electron chi connectivity index (χ3n) is 2.91. The molecule has 0 saturated carbocycles. The monoisotopic (exact) mass is 407 g/mol. The fourth-order valence-corrected chi connectivity index (χ4v) is 2.76. The van der Waals surface area contributed by atoms with Crippen LogP contribution in [0, 0.1) is 17.5 Å². The van der Waals surface area contributed by atoms with E-state index in [0.717, 1.165) is 12.1 Å². The maximum absolute atomic E-state index is 14.0. The second-order valence-electron chi connectivity index (χ2n) is 4.18. The van der Waals surface area contributed by atoms with Crippen molar-refractivity contribution in [3.05, 3.63) is 67.9 Å². The molecule has 1 N–H and O–H groups in total. The third-order valence-corrected chi connectivity index (χ3v) is 4.24. The van der Waals surface area contributed by atoms with Gasteiger partial charge in [0.05, 0.1) is 10.5 Å². The lowest BCUT2D eigenvalue weighted by Crippen LogP contribution is -2.20. The molecule has 0 saturated heterocycles. The molecule has 0 aliphatic carbocycles. The molecule has 106 valence electrons. The van der Waals surface area contributed by atoms with Crippen molar-refractivity contribution in [3.8, 4) is 0 Å². The van der Waals surface area contributed by atoms with Gasteiger partial charge in [0.15, 0.2) is 0 Å². The summed E-state index contributed by atoms with van der Waals surface area (Å²) in [6.45, 7) is 0. The number of halogens is 5. The summed E-state index contributed by atoms with van der Waals surface area (Å²) in [6, 6.07) is 5.59. The van der Waals surface area contributed by atoms with Crippen LogP contribution in [0.1, 0.15) is 17.2 Å². The maximum atomic E-state index is 14.0. The van der Waals surface area contributed by atoms with Gasteiger partial charge in [-0.05, 0) is 58.9 Å². The van der Waals surface area contributed by atoms with E-state index in [4.69, 9.17) is 0 Å². The van der Waals surface area contributed by atoms with Crippen molar-refractivity contribution in [1.29, 1.82) is 0 Å². The first-order chi connectivity index (χ1) is 9.43. The van der Waals surface area contributed by atoms with Crippen molar-refractivity contribution in [2.24, 2.45) is 0 Å². The standard InChI is InChI=1S/C14H10Br2F3N/c1-20-14(8-4-7(17)2-3-10(8)15)9-5-13(19)11(16)6-12(9)18/h2-6,14,20H,1H3. The fraction of sp³-hybridized carbons (Fsp3) is 0.143. The van der Waals surface area contributed by atoms with Gasteiger partial charge in [-0.1, -0.05) is 15.9 Å². The molecular weight excluding hydrogens is 399 g/mol. The van der Waals surface area contributed by atoms with Crippen LogP contribution in [0.5, 0.6) is 0 Å². The summed E-state index contributed by atoms with van der Waals surface area (Å²) in [5.41, 5.74) is 0.604. The van der Waals surface area contributed by atoms with Gasteiger partial charge >= 0.3 is 0 Å². The average Bonchev–Trinajstić information content (AvgIpc) is 2.40. The van der Waals surface area contributed by atoms with E-state index in [9.17, 15) is 13.2 Å². The molecule has 2 rings (SSSR count). The van der Waals surface area contributed by atoms with Crippen LogP contribution in [0.2, 0.25) is 0 Å². The summed E-state index contributed by atoms with van der Waals surface area (Å²) in [6.07, 6.45) is 0. The van der Waals surface area contributed by atoms with Gasteiger partial charge in [-0.3, -0.25) is 0 Å². The van der Waals surface area contributed by atoms with Crippen LogP contribution >= 0.6 is 31.9 Å². The Hall–Kier alpha value is -0.850. The van der Waals surface area contributed by atoms with Gasteiger partial charge in [0, 0.05) is 10.0 Å². The molecule has 0 heterocycles. The van der Waals surface area contributed by atoms with Crippen LogP contribution in [-0.4, -0.2) is 7.05 Å². The second kappa shape index (κ2) is 6.28. The van der Waals surface area contributed by atoms with E-state index in [1.165, 1.54) is 18.2 Å². The molecule has 0 aromatic heterocycles. The summed E-state index contributed by atoms with van der Waals surface area (Å²) in [4.78, 5) is 0. The Labute approximate surface area is 131 Å². The van der Waals surface area contributed by atoms with Crippen LogP contribution < -0.4 is 5.32 Å². The second-order valence-corrected chi connectivity index (χ2v) is 5.88. The number of benzene rings is 2. The van der Waals surface area contributed by atoms with Crippen molar-refractivity contribution in [3.63, 3.8) is 0 Å². The summed E-state index contributed by atoms with van der Waals surface area (Å²) >= 11 is 6.22. The smallest absolute Gasteiger partial charge is 0.137 e. The van der Waals surface area contributed by atoms with Gasteiger partial charge < -0.3 is 5.32 Å². The predicted octanol–water partition coefficient (Wildman–Crippen LogP) is 4.94. The van der Waals surface area contributed by atoms with E-state index in [0.29, 0.717) is 10.0 Å². The van der Waals surface area contributed by atoms with E-state index < -0.39 is 23.5 Å². The summed E-state index contributed by atoms with van der Waals surface area (Å²) < 4.78 is 41.7. The Kier molecular flexibility index (Phi) is 4.88. The first-order valence-electron chi connectivity index (χ1n) is 5.70. The van der Waals surface area contributed by atoms with E-state index in [2.05, 4.69) is 37.2 Å². The molecular formula is C14H10Br2F3N. The quantitative estimate of drug-likeness (QED) is 0.709. The Balaban J connectivity index is 2.58. The molecule has 0 aliphatic heterocycles. The topological polar surface area (TPSA) is 12.0 Å². The molecule has 0 fully saturated rings.